The second-order valence-electron chi connectivity index (χ2n) is 6.90. The maximum Gasteiger partial charge on any atom is 0.325 e. The third kappa shape index (κ3) is 2.84. The fourth-order valence-corrected chi connectivity index (χ4v) is 3.65. The van der Waals surface area contributed by atoms with Crippen molar-refractivity contribution in [2.45, 2.75) is 18.3 Å². The molecule has 10 heteroatoms. The lowest BCUT2D eigenvalue weighted by Gasteiger charge is -2.08. The fourth-order valence-electron chi connectivity index (χ4n) is 3.65. The van der Waals surface area contributed by atoms with Gasteiger partial charge in [-0.1, -0.05) is 0 Å². The summed E-state index contributed by atoms with van der Waals surface area (Å²) in [7, 11) is 0. The standard InChI is InChI=1S/C19H12F3N5O2/c20-13-6-15(22)14(21)4-10(13)8-3-9(8)11-5-16(26-27-2-1-23-17(11)27)12-7-24-19(29)25-18(12)28/h1-2,4-9H,3H2,(H2,24,25,28,29). The minimum Gasteiger partial charge on any atom is -0.313 e. The van der Waals surface area contributed by atoms with Crippen LogP contribution in [0, 0.1) is 17.5 Å². The largest absolute Gasteiger partial charge is 0.325 e. The Balaban J connectivity index is 1.61. The summed E-state index contributed by atoms with van der Waals surface area (Å²) in [5.41, 5.74) is 0.505. The lowest BCUT2D eigenvalue weighted by atomic mass is 10.0. The molecule has 1 aliphatic carbocycles. The average Bonchev–Trinajstić information content (AvgIpc) is 3.31. The van der Waals surface area contributed by atoms with Gasteiger partial charge in [0.1, 0.15) is 5.82 Å². The summed E-state index contributed by atoms with van der Waals surface area (Å²) in [5, 5.41) is 4.34. The number of fused-ring (bicyclic) bond motifs is 1. The Morgan fingerprint density at radius 2 is 1.76 bits per heavy atom. The van der Waals surface area contributed by atoms with Gasteiger partial charge in [-0.05, 0) is 36.0 Å². The molecule has 3 aromatic heterocycles. The van der Waals surface area contributed by atoms with Gasteiger partial charge in [0.15, 0.2) is 17.3 Å². The second-order valence-corrected chi connectivity index (χ2v) is 6.90. The minimum absolute atomic E-state index is 0.0962. The molecule has 0 saturated heterocycles. The van der Waals surface area contributed by atoms with E-state index in [1.165, 1.54) is 16.9 Å². The van der Waals surface area contributed by atoms with E-state index in [-0.39, 0.29) is 23.0 Å². The highest BCUT2D eigenvalue weighted by Gasteiger charge is 2.43. The van der Waals surface area contributed by atoms with E-state index < -0.39 is 28.7 Å². The van der Waals surface area contributed by atoms with E-state index in [2.05, 4.69) is 20.1 Å². The highest BCUT2D eigenvalue weighted by molar-refractivity contribution is 5.63. The van der Waals surface area contributed by atoms with E-state index in [9.17, 15) is 22.8 Å². The zero-order chi connectivity index (χ0) is 20.3. The predicted molar refractivity (Wildman–Crippen MR) is 96.1 cm³/mol. The van der Waals surface area contributed by atoms with E-state index >= 15 is 0 Å². The molecule has 3 heterocycles. The Hall–Kier alpha value is -3.69. The van der Waals surface area contributed by atoms with Crippen LogP contribution < -0.4 is 11.2 Å². The van der Waals surface area contributed by atoms with Crippen molar-refractivity contribution in [3.63, 3.8) is 0 Å². The first-order chi connectivity index (χ1) is 13.9. The van der Waals surface area contributed by atoms with Gasteiger partial charge in [-0.2, -0.15) is 5.10 Å². The average molecular weight is 399 g/mol. The summed E-state index contributed by atoms with van der Waals surface area (Å²) in [6, 6.07) is 3.07. The summed E-state index contributed by atoms with van der Waals surface area (Å²) in [4.78, 5) is 32.2. The van der Waals surface area contributed by atoms with Gasteiger partial charge in [0.25, 0.3) is 5.56 Å². The number of nitrogens with zero attached hydrogens (tertiary/aromatic N) is 3. The molecule has 146 valence electrons. The van der Waals surface area contributed by atoms with Crippen LogP contribution in [0.1, 0.15) is 29.4 Å². The third-order valence-corrected chi connectivity index (χ3v) is 5.11. The quantitative estimate of drug-likeness (QED) is 0.518. The molecule has 2 N–H and O–H groups in total. The van der Waals surface area contributed by atoms with Crippen LogP contribution in [-0.2, 0) is 0 Å². The molecule has 29 heavy (non-hydrogen) atoms. The molecule has 2 unspecified atom stereocenters. The summed E-state index contributed by atoms with van der Waals surface area (Å²) in [6.45, 7) is 0. The molecule has 2 atom stereocenters. The van der Waals surface area contributed by atoms with Crippen molar-refractivity contribution >= 4 is 5.65 Å². The molecule has 1 aromatic carbocycles. The van der Waals surface area contributed by atoms with Crippen LogP contribution in [0.15, 0.2) is 46.4 Å². The van der Waals surface area contributed by atoms with Crippen molar-refractivity contribution < 1.29 is 13.2 Å². The minimum atomic E-state index is -1.23. The molecule has 7 nitrogen and oxygen atoms in total. The monoisotopic (exact) mass is 399 g/mol. The Kier molecular flexibility index (Phi) is 3.70. The molecule has 0 bridgehead atoms. The highest BCUT2D eigenvalue weighted by Crippen LogP contribution is 2.56. The fraction of sp³-hybridized carbons (Fsp3) is 0.158. The Morgan fingerprint density at radius 3 is 2.55 bits per heavy atom. The molecule has 1 aliphatic rings. The number of halogens is 3. The summed E-state index contributed by atoms with van der Waals surface area (Å²) in [6.07, 6.45) is 4.89. The first kappa shape index (κ1) is 17.4. The number of hydrogen-bond donors (Lipinski definition) is 2. The predicted octanol–water partition coefficient (Wildman–Crippen LogP) is 2.46. The number of aromatic amines is 2. The molecule has 4 aromatic rings. The van der Waals surface area contributed by atoms with Crippen LogP contribution in [-0.4, -0.2) is 24.6 Å². The molecule has 1 fully saturated rings. The Morgan fingerprint density at radius 1 is 1.00 bits per heavy atom. The summed E-state index contributed by atoms with van der Waals surface area (Å²) in [5.74, 6) is -3.70. The lowest BCUT2D eigenvalue weighted by molar-refractivity contribution is 0.490. The van der Waals surface area contributed by atoms with E-state index in [1.54, 1.807) is 12.3 Å². The number of hydrogen-bond acceptors (Lipinski definition) is 4. The van der Waals surface area contributed by atoms with Gasteiger partial charge in [-0.25, -0.2) is 27.5 Å². The maximum atomic E-state index is 14.2. The van der Waals surface area contributed by atoms with Crippen molar-refractivity contribution in [2.75, 3.05) is 0 Å². The van der Waals surface area contributed by atoms with Crippen LogP contribution in [0.3, 0.4) is 0 Å². The molecule has 0 spiro atoms. The molecular weight excluding hydrogens is 387 g/mol. The van der Waals surface area contributed by atoms with Gasteiger partial charge < -0.3 is 4.98 Å². The van der Waals surface area contributed by atoms with E-state index in [4.69, 9.17) is 0 Å². The second kappa shape index (κ2) is 6.16. The SMILES string of the molecule is O=c1[nH]cc(-c2cc(C3CC3c3cc(F)c(F)cc3F)c3nccn3n2)c(=O)[nH]1. The molecule has 5 rings (SSSR count). The number of benzene rings is 1. The summed E-state index contributed by atoms with van der Waals surface area (Å²) >= 11 is 0. The van der Waals surface area contributed by atoms with Crippen molar-refractivity contribution in [2.24, 2.45) is 0 Å². The zero-order valence-corrected chi connectivity index (χ0v) is 14.6. The van der Waals surface area contributed by atoms with E-state index in [0.29, 0.717) is 29.4 Å². The Labute approximate surface area is 159 Å². The van der Waals surface area contributed by atoms with Crippen molar-refractivity contribution in [1.29, 1.82) is 0 Å². The van der Waals surface area contributed by atoms with Crippen LogP contribution in [0.25, 0.3) is 16.9 Å². The Bertz CT molecular complexity index is 1390. The number of H-pyrrole nitrogens is 2. The van der Waals surface area contributed by atoms with E-state index in [1.807, 2.05) is 0 Å². The van der Waals surface area contributed by atoms with Gasteiger partial charge in [-0.15, -0.1) is 0 Å². The van der Waals surface area contributed by atoms with Gasteiger partial charge in [0.05, 0.1) is 11.3 Å². The van der Waals surface area contributed by atoms with Crippen LogP contribution >= 0.6 is 0 Å². The van der Waals surface area contributed by atoms with Gasteiger partial charge in [0, 0.05) is 30.2 Å². The topological polar surface area (TPSA) is 95.9 Å². The molecule has 0 radical (unpaired) electrons. The third-order valence-electron chi connectivity index (χ3n) is 5.11. The first-order valence-corrected chi connectivity index (χ1v) is 8.73. The van der Waals surface area contributed by atoms with Gasteiger partial charge in [0.2, 0.25) is 0 Å². The van der Waals surface area contributed by atoms with Crippen molar-refractivity contribution in [3.05, 3.63) is 86.2 Å². The zero-order valence-electron chi connectivity index (χ0n) is 14.6. The first-order valence-electron chi connectivity index (χ1n) is 8.73. The van der Waals surface area contributed by atoms with Crippen LogP contribution in [0.4, 0.5) is 13.2 Å². The van der Waals surface area contributed by atoms with E-state index in [0.717, 1.165) is 6.07 Å². The maximum absolute atomic E-state index is 14.2. The normalized spacial score (nSPS) is 18.3. The van der Waals surface area contributed by atoms with Gasteiger partial charge in [-0.3, -0.25) is 9.78 Å². The lowest BCUT2D eigenvalue weighted by Crippen LogP contribution is -2.23. The molecule has 1 saturated carbocycles. The number of imidazole rings is 1. The van der Waals surface area contributed by atoms with Gasteiger partial charge >= 0.3 is 5.69 Å². The molecule has 0 amide bonds. The van der Waals surface area contributed by atoms with Crippen LogP contribution in [0.5, 0.6) is 0 Å². The smallest absolute Gasteiger partial charge is 0.313 e. The number of rotatable bonds is 3. The number of nitrogens with one attached hydrogen (secondary N) is 2. The molecular formula is C19H12F3N5O2. The van der Waals surface area contributed by atoms with Crippen LogP contribution in [0.2, 0.25) is 0 Å². The molecule has 0 aliphatic heterocycles. The summed E-state index contributed by atoms with van der Waals surface area (Å²) < 4.78 is 42.5. The van der Waals surface area contributed by atoms with Crippen molar-refractivity contribution in [1.82, 2.24) is 24.6 Å². The number of aromatic nitrogens is 5. The highest BCUT2D eigenvalue weighted by atomic mass is 19.2. The van der Waals surface area contributed by atoms with Crippen molar-refractivity contribution in [3.8, 4) is 11.3 Å².